The highest BCUT2D eigenvalue weighted by molar-refractivity contribution is 5.99. The monoisotopic (exact) mass is 346 g/mol. The fourth-order valence-corrected chi connectivity index (χ4v) is 3.39. The average Bonchev–Trinajstić information content (AvgIpc) is 2.87. The third-order valence-electron chi connectivity index (χ3n) is 4.78. The number of aryl methyl sites for hydroxylation is 1. The van der Waals surface area contributed by atoms with Crippen LogP contribution in [0.15, 0.2) is 42.5 Å². The van der Waals surface area contributed by atoms with Gasteiger partial charge < -0.3 is 9.47 Å². The number of allylic oxidation sites excluding steroid dienone is 2. The molecule has 0 aromatic heterocycles. The quantitative estimate of drug-likeness (QED) is 0.656. The second kappa shape index (κ2) is 8.63. The summed E-state index contributed by atoms with van der Waals surface area (Å²) in [6.07, 6.45) is 5.18. The third kappa shape index (κ3) is 3.94. The van der Waals surface area contributed by atoms with Gasteiger partial charge in [-0.05, 0) is 78.3 Å². The van der Waals surface area contributed by atoms with Gasteiger partial charge in [0, 0.05) is 12.0 Å². The lowest BCUT2D eigenvalue weighted by atomic mass is 9.92. The summed E-state index contributed by atoms with van der Waals surface area (Å²) in [6, 6.07) is 14.7. The van der Waals surface area contributed by atoms with E-state index in [1.54, 1.807) is 14.2 Å². The predicted molar refractivity (Wildman–Crippen MR) is 108 cm³/mol. The zero-order chi connectivity index (χ0) is 18.4. The molecule has 0 aliphatic heterocycles. The van der Waals surface area contributed by atoms with Crippen LogP contribution in [-0.4, -0.2) is 14.2 Å². The number of hydrogen-bond acceptors (Lipinski definition) is 2. The van der Waals surface area contributed by atoms with Gasteiger partial charge in [0.15, 0.2) is 0 Å². The van der Waals surface area contributed by atoms with Crippen LogP contribution in [0.3, 0.4) is 0 Å². The SMILES string of the molecule is CCCC#CC1=C(c2ccc(OC)cc2)CCCc2cc(OC)ccc21. The summed E-state index contributed by atoms with van der Waals surface area (Å²) in [5, 5.41) is 0. The molecular weight excluding hydrogens is 320 g/mol. The molecule has 26 heavy (non-hydrogen) atoms. The number of methoxy groups -OCH3 is 2. The first-order valence-corrected chi connectivity index (χ1v) is 9.30. The van der Waals surface area contributed by atoms with Gasteiger partial charge in [-0.15, -0.1) is 0 Å². The van der Waals surface area contributed by atoms with E-state index in [0.29, 0.717) is 0 Å². The second-order valence-corrected chi connectivity index (χ2v) is 6.51. The molecule has 0 atom stereocenters. The molecule has 3 rings (SSSR count). The maximum absolute atomic E-state index is 5.43. The predicted octanol–water partition coefficient (Wildman–Crippen LogP) is 5.75. The van der Waals surface area contributed by atoms with Crippen molar-refractivity contribution in [2.45, 2.75) is 39.0 Å². The van der Waals surface area contributed by atoms with Gasteiger partial charge in [0.2, 0.25) is 0 Å². The lowest BCUT2D eigenvalue weighted by Gasteiger charge is -2.12. The highest BCUT2D eigenvalue weighted by Gasteiger charge is 2.18. The van der Waals surface area contributed by atoms with E-state index in [1.165, 1.54) is 27.8 Å². The van der Waals surface area contributed by atoms with Crippen LogP contribution < -0.4 is 9.47 Å². The minimum Gasteiger partial charge on any atom is -0.497 e. The van der Waals surface area contributed by atoms with Gasteiger partial charge in [0.1, 0.15) is 11.5 Å². The number of fused-ring (bicyclic) bond motifs is 1. The van der Waals surface area contributed by atoms with Crippen molar-refractivity contribution in [2.75, 3.05) is 14.2 Å². The van der Waals surface area contributed by atoms with Crippen molar-refractivity contribution in [2.24, 2.45) is 0 Å². The first kappa shape index (κ1) is 18.1. The normalized spacial score (nSPS) is 13.3. The van der Waals surface area contributed by atoms with Crippen LogP contribution in [0.4, 0.5) is 0 Å². The third-order valence-corrected chi connectivity index (χ3v) is 4.78. The highest BCUT2D eigenvalue weighted by Crippen LogP contribution is 2.37. The van der Waals surface area contributed by atoms with E-state index in [1.807, 2.05) is 18.2 Å². The van der Waals surface area contributed by atoms with Gasteiger partial charge in [-0.25, -0.2) is 0 Å². The highest BCUT2D eigenvalue weighted by atomic mass is 16.5. The lowest BCUT2D eigenvalue weighted by Crippen LogP contribution is -1.94. The zero-order valence-corrected chi connectivity index (χ0v) is 15.9. The largest absolute Gasteiger partial charge is 0.497 e. The number of ether oxygens (including phenoxy) is 2. The molecule has 0 saturated heterocycles. The maximum Gasteiger partial charge on any atom is 0.119 e. The van der Waals surface area contributed by atoms with Crippen LogP contribution in [0.25, 0.3) is 11.1 Å². The second-order valence-electron chi connectivity index (χ2n) is 6.51. The van der Waals surface area contributed by atoms with Crippen LogP contribution in [0.2, 0.25) is 0 Å². The van der Waals surface area contributed by atoms with E-state index in [9.17, 15) is 0 Å². The van der Waals surface area contributed by atoms with E-state index in [2.05, 4.69) is 43.0 Å². The van der Waals surface area contributed by atoms with Crippen LogP contribution in [-0.2, 0) is 6.42 Å². The Labute approximate surface area is 156 Å². The summed E-state index contributed by atoms with van der Waals surface area (Å²) < 4.78 is 10.7. The van der Waals surface area contributed by atoms with Crippen LogP contribution in [0, 0.1) is 11.8 Å². The van der Waals surface area contributed by atoms with E-state index in [0.717, 1.165) is 43.6 Å². The van der Waals surface area contributed by atoms with Crippen molar-refractivity contribution in [1.29, 1.82) is 0 Å². The molecule has 1 aliphatic carbocycles. The van der Waals surface area contributed by atoms with Crippen molar-refractivity contribution in [1.82, 2.24) is 0 Å². The summed E-state index contributed by atoms with van der Waals surface area (Å²) in [5.41, 5.74) is 6.31. The number of hydrogen-bond donors (Lipinski definition) is 0. The van der Waals surface area contributed by atoms with E-state index >= 15 is 0 Å². The topological polar surface area (TPSA) is 18.5 Å². The van der Waals surface area contributed by atoms with Crippen molar-refractivity contribution < 1.29 is 9.47 Å². The van der Waals surface area contributed by atoms with Gasteiger partial charge in [-0.1, -0.05) is 30.9 Å². The zero-order valence-electron chi connectivity index (χ0n) is 15.9. The van der Waals surface area contributed by atoms with Gasteiger partial charge >= 0.3 is 0 Å². The number of benzene rings is 2. The molecule has 1 aliphatic rings. The Hall–Kier alpha value is -2.66. The van der Waals surface area contributed by atoms with Crippen molar-refractivity contribution in [3.8, 4) is 23.3 Å². The lowest BCUT2D eigenvalue weighted by molar-refractivity contribution is 0.414. The molecule has 0 radical (unpaired) electrons. The van der Waals surface area contributed by atoms with Crippen LogP contribution in [0.5, 0.6) is 11.5 Å². The molecule has 0 bridgehead atoms. The van der Waals surface area contributed by atoms with Crippen LogP contribution >= 0.6 is 0 Å². The summed E-state index contributed by atoms with van der Waals surface area (Å²) in [4.78, 5) is 0. The summed E-state index contributed by atoms with van der Waals surface area (Å²) in [6.45, 7) is 2.17. The first-order valence-electron chi connectivity index (χ1n) is 9.30. The molecule has 0 fully saturated rings. The van der Waals surface area contributed by atoms with Crippen molar-refractivity contribution >= 4 is 11.1 Å². The molecule has 2 nitrogen and oxygen atoms in total. The molecule has 0 saturated carbocycles. The Morgan fingerprint density at radius 2 is 1.65 bits per heavy atom. The fraction of sp³-hybridized carbons (Fsp3) is 0.333. The Kier molecular flexibility index (Phi) is 6.02. The molecule has 2 aromatic rings. The molecule has 134 valence electrons. The smallest absolute Gasteiger partial charge is 0.119 e. The fourth-order valence-electron chi connectivity index (χ4n) is 3.39. The molecule has 0 unspecified atom stereocenters. The Morgan fingerprint density at radius 3 is 2.35 bits per heavy atom. The van der Waals surface area contributed by atoms with Crippen LogP contribution in [0.1, 0.15) is 49.3 Å². The summed E-state index contributed by atoms with van der Waals surface area (Å²) in [7, 11) is 3.42. The van der Waals surface area contributed by atoms with Crippen molar-refractivity contribution in [3.05, 3.63) is 59.2 Å². The molecule has 0 amide bonds. The Bertz CT molecular complexity index is 848. The summed E-state index contributed by atoms with van der Waals surface area (Å²) >= 11 is 0. The van der Waals surface area contributed by atoms with Gasteiger partial charge in [-0.3, -0.25) is 0 Å². The number of unbranched alkanes of at least 4 members (excludes halogenated alkanes) is 1. The van der Waals surface area contributed by atoms with E-state index in [4.69, 9.17) is 9.47 Å². The number of rotatable bonds is 4. The molecule has 2 heteroatoms. The standard InChI is InChI=1S/C24H26O2/c1-4-5-6-9-24-22(18-11-13-20(25-2)14-12-18)10-7-8-19-17-21(26-3)15-16-23(19)24/h11-17H,4-5,7-8,10H2,1-3H3. The minimum absolute atomic E-state index is 0.881. The van der Waals surface area contributed by atoms with E-state index < -0.39 is 0 Å². The Balaban J connectivity index is 2.15. The first-order chi connectivity index (χ1) is 12.8. The van der Waals surface area contributed by atoms with E-state index in [-0.39, 0.29) is 0 Å². The maximum atomic E-state index is 5.43. The molecular formula is C24H26O2. The van der Waals surface area contributed by atoms with Gasteiger partial charge in [0.05, 0.1) is 14.2 Å². The minimum atomic E-state index is 0.881. The molecule has 0 spiro atoms. The molecule has 0 N–H and O–H groups in total. The Morgan fingerprint density at radius 1 is 0.923 bits per heavy atom. The van der Waals surface area contributed by atoms with Gasteiger partial charge in [0.25, 0.3) is 0 Å². The van der Waals surface area contributed by atoms with Gasteiger partial charge in [-0.2, -0.15) is 0 Å². The summed E-state index contributed by atoms with van der Waals surface area (Å²) in [5.74, 6) is 8.65. The molecule has 2 aromatic carbocycles. The average molecular weight is 346 g/mol. The van der Waals surface area contributed by atoms with Crippen molar-refractivity contribution in [3.63, 3.8) is 0 Å². The molecule has 0 heterocycles.